The molecule has 0 saturated heterocycles. The van der Waals surface area contributed by atoms with E-state index in [4.69, 9.17) is 14.7 Å². The van der Waals surface area contributed by atoms with Gasteiger partial charge in [-0.25, -0.2) is 9.97 Å². The zero-order valence-corrected chi connectivity index (χ0v) is 18.1. The second kappa shape index (κ2) is 8.38. The number of aromatic nitrogens is 3. The quantitative estimate of drug-likeness (QED) is 0.282. The van der Waals surface area contributed by atoms with Crippen molar-refractivity contribution in [2.75, 3.05) is 6.61 Å². The first-order valence-electron chi connectivity index (χ1n) is 11.1. The third kappa shape index (κ3) is 3.74. The van der Waals surface area contributed by atoms with Gasteiger partial charge in [-0.15, -0.1) is 0 Å². The van der Waals surface area contributed by atoms with E-state index in [0.29, 0.717) is 0 Å². The lowest BCUT2D eigenvalue weighted by Crippen LogP contribution is -2.02. The summed E-state index contributed by atoms with van der Waals surface area (Å²) in [5, 5.41) is 1.16. The molecule has 156 valence electrons. The summed E-state index contributed by atoms with van der Waals surface area (Å²) in [6.45, 7) is 5.89. The van der Waals surface area contributed by atoms with Gasteiger partial charge in [0, 0.05) is 11.9 Å². The Balaban J connectivity index is 1.55. The largest absolute Gasteiger partial charge is 0.494 e. The van der Waals surface area contributed by atoms with Crippen molar-refractivity contribution in [1.29, 1.82) is 0 Å². The highest BCUT2D eigenvalue weighted by Gasteiger charge is 2.16. The van der Waals surface area contributed by atoms with Gasteiger partial charge in [-0.2, -0.15) is 0 Å². The van der Waals surface area contributed by atoms with Gasteiger partial charge >= 0.3 is 0 Å². The lowest BCUT2D eigenvalue weighted by Gasteiger charge is -2.10. The summed E-state index contributed by atoms with van der Waals surface area (Å²) in [7, 11) is 0. The van der Waals surface area contributed by atoms with E-state index in [2.05, 4.69) is 60.9 Å². The maximum absolute atomic E-state index is 5.88. The van der Waals surface area contributed by atoms with Gasteiger partial charge in [-0.3, -0.25) is 0 Å². The number of fused-ring (bicyclic) bond motifs is 4. The lowest BCUT2D eigenvalue weighted by atomic mass is 10.1. The molecule has 0 aliphatic rings. The van der Waals surface area contributed by atoms with Crippen LogP contribution in [0, 0.1) is 6.92 Å². The third-order valence-electron chi connectivity index (χ3n) is 5.85. The van der Waals surface area contributed by atoms with E-state index in [1.54, 1.807) is 0 Å². The van der Waals surface area contributed by atoms with E-state index < -0.39 is 0 Å². The van der Waals surface area contributed by atoms with Crippen LogP contribution in [0.2, 0.25) is 0 Å². The first-order chi connectivity index (χ1) is 15.2. The molecule has 0 aliphatic carbocycles. The second-order valence-electron chi connectivity index (χ2n) is 8.14. The van der Waals surface area contributed by atoms with E-state index in [0.717, 1.165) is 52.9 Å². The maximum atomic E-state index is 5.88. The molecule has 0 bridgehead atoms. The number of benzene rings is 3. The van der Waals surface area contributed by atoms with Gasteiger partial charge in [0.2, 0.25) is 0 Å². The number of nitrogens with zero attached hydrogens (tertiary/aromatic N) is 3. The fourth-order valence-electron chi connectivity index (χ4n) is 4.24. The molecule has 0 N–H and O–H groups in total. The van der Waals surface area contributed by atoms with Crippen LogP contribution >= 0.6 is 0 Å². The average molecular weight is 410 g/mol. The molecule has 0 atom stereocenters. The summed E-state index contributed by atoms with van der Waals surface area (Å²) in [6, 6.07) is 22.9. The number of hydrogen-bond acceptors (Lipinski definition) is 3. The molecule has 3 aromatic carbocycles. The van der Waals surface area contributed by atoms with Crippen LogP contribution in [0.25, 0.3) is 33.1 Å². The Hall–Kier alpha value is -3.40. The third-order valence-corrected chi connectivity index (χ3v) is 5.85. The summed E-state index contributed by atoms with van der Waals surface area (Å²) in [4.78, 5) is 9.97. The number of aryl methyl sites for hydroxylation is 1. The van der Waals surface area contributed by atoms with Crippen LogP contribution in [0.15, 0.2) is 66.7 Å². The van der Waals surface area contributed by atoms with E-state index in [1.807, 2.05) is 24.3 Å². The van der Waals surface area contributed by atoms with Crippen molar-refractivity contribution in [2.24, 2.45) is 0 Å². The molecular weight excluding hydrogens is 382 g/mol. The van der Waals surface area contributed by atoms with Crippen LogP contribution in [0.4, 0.5) is 0 Å². The fourth-order valence-corrected chi connectivity index (χ4v) is 4.24. The Kier molecular flexibility index (Phi) is 5.29. The summed E-state index contributed by atoms with van der Waals surface area (Å²) in [5.41, 5.74) is 7.41. The molecule has 2 aromatic heterocycles. The topological polar surface area (TPSA) is 39.9 Å². The summed E-state index contributed by atoms with van der Waals surface area (Å²) >= 11 is 0. The number of unbranched alkanes of at least 4 members (excludes halogenated alkanes) is 2. The summed E-state index contributed by atoms with van der Waals surface area (Å²) in [5.74, 6) is 0.934. The predicted molar refractivity (Wildman–Crippen MR) is 128 cm³/mol. The molecule has 5 aromatic rings. The second-order valence-corrected chi connectivity index (χ2v) is 8.14. The molecule has 0 saturated carbocycles. The van der Waals surface area contributed by atoms with Crippen LogP contribution < -0.4 is 4.74 Å². The van der Waals surface area contributed by atoms with Crippen molar-refractivity contribution >= 4 is 33.1 Å². The highest BCUT2D eigenvalue weighted by Crippen LogP contribution is 2.31. The average Bonchev–Trinajstić information content (AvgIpc) is 3.10. The molecule has 0 unspecified atom stereocenters. The molecule has 0 spiro atoms. The Morgan fingerprint density at radius 3 is 2.39 bits per heavy atom. The van der Waals surface area contributed by atoms with Gasteiger partial charge in [0.15, 0.2) is 5.65 Å². The molecule has 2 heterocycles. The van der Waals surface area contributed by atoms with Crippen LogP contribution in [0.3, 0.4) is 0 Å². The normalized spacial score (nSPS) is 11.5. The minimum atomic E-state index is 0.744. The van der Waals surface area contributed by atoms with Crippen molar-refractivity contribution in [3.8, 4) is 5.75 Å². The van der Waals surface area contributed by atoms with Crippen molar-refractivity contribution in [3.05, 3.63) is 77.9 Å². The zero-order chi connectivity index (χ0) is 21.2. The maximum Gasteiger partial charge on any atom is 0.160 e. The lowest BCUT2D eigenvalue weighted by molar-refractivity contribution is 0.306. The number of hydrogen-bond donors (Lipinski definition) is 0. The van der Waals surface area contributed by atoms with Gasteiger partial charge in [0.05, 0.1) is 23.2 Å². The molecule has 0 radical (unpaired) electrons. The molecule has 4 nitrogen and oxygen atoms in total. The number of ether oxygens (including phenoxy) is 1. The highest BCUT2D eigenvalue weighted by molar-refractivity contribution is 6.07. The van der Waals surface area contributed by atoms with Gasteiger partial charge < -0.3 is 9.30 Å². The Morgan fingerprint density at radius 2 is 1.61 bits per heavy atom. The fraction of sp³-hybridized carbons (Fsp3) is 0.259. The van der Waals surface area contributed by atoms with Gasteiger partial charge in [0.1, 0.15) is 11.3 Å². The van der Waals surface area contributed by atoms with E-state index in [9.17, 15) is 0 Å². The standard InChI is InChI=1S/C27H27N3O/c1-3-4-7-17-31-21-15-13-20(14-16-21)18-30-26-19(2)9-8-10-22(26)25-27(30)29-24-12-6-5-11-23(24)28-25/h5-6,8-16H,3-4,7,17-18H2,1-2H3. The first kappa shape index (κ1) is 19.6. The van der Waals surface area contributed by atoms with Gasteiger partial charge in [-0.1, -0.05) is 62.2 Å². The van der Waals surface area contributed by atoms with Crippen molar-refractivity contribution < 1.29 is 4.74 Å². The summed E-state index contributed by atoms with van der Waals surface area (Å²) in [6.07, 6.45) is 3.52. The zero-order valence-electron chi connectivity index (χ0n) is 18.1. The number of para-hydroxylation sites is 3. The number of rotatable bonds is 7. The first-order valence-corrected chi connectivity index (χ1v) is 11.1. The monoisotopic (exact) mass is 409 g/mol. The van der Waals surface area contributed by atoms with Crippen molar-refractivity contribution in [3.63, 3.8) is 0 Å². The SMILES string of the molecule is CCCCCOc1ccc(Cn2c3nc4ccccc4nc3c3cccc(C)c32)cc1. The van der Waals surface area contributed by atoms with Crippen LogP contribution in [0.5, 0.6) is 5.75 Å². The van der Waals surface area contributed by atoms with Crippen LogP contribution in [-0.2, 0) is 6.54 Å². The molecule has 0 fully saturated rings. The van der Waals surface area contributed by atoms with Crippen LogP contribution in [-0.4, -0.2) is 21.1 Å². The van der Waals surface area contributed by atoms with Gasteiger partial charge in [0.25, 0.3) is 0 Å². The van der Waals surface area contributed by atoms with Crippen molar-refractivity contribution in [1.82, 2.24) is 14.5 Å². The molecule has 0 amide bonds. The van der Waals surface area contributed by atoms with Crippen LogP contribution in [0.1, 0.15) is 37.3 Å². The van der Waals surface area contributed by atoms with E-state index in [1.165, 1.54) is 29.5 Å². The smallest absolute Gasteiger partial charge is 0.160 e. The minimum absolute atomic E-state index is 0.744. The van der Waals surface area contributed by atoms with E-state index >= 15 is 0 Å². The molecule has 4 heteroatoms. The Labute approximate surface area is 182 Å². The summed E-state index contributed by atoms with van der Waals surface area (Å²) < 4.78 is 8.18. The molecule has 5 rings (SSSR count). The Morgan fingerprint density at radius 1 is 0.839 bits per heavy atom. The molecule has 31 heavy (non-hydrogen) atoms. The Bertz CT molecular complexity index is 1350. The molecule has 0 aliphatic heterocycles. The highest BCUT2D eigenvalue weighted by atomic mass is 16.5. The van der Waals surface area contributed by atoms with Crippen molar-refractivity contribution in [2.45, 2.75) is 39.7 Å². The van der Waals surface area contributed by atoms with Gasteiger partial charge in [-0.05, 0) is 48.7 Å². The van der Waals surface area contributed by atoms with E-state index in [-0.39, 0.29) is 0 Å². The minimum Gasteiger partial charge on any atom is -0.494 e. The molecular formula is C27H27N3O. The predicted octanol–water partition coefficient (Wildman–Crippen LogP) is 6.66.